The zero-order valence-electron chi connectivity index (χ0n) is 9.54. The van der Waals surface area contributed by atoms with E-state index in [2.05, 4.69) is 17.1 Å². The summed E-state index contributed by atoms with van der Waals surface area (Å²) in [7, 11) is 0. The molecule has 0 aliphatic rings. The highest BCUT2D eigenvalue weighted by Gasteiger charge is 2.09. The summed E-state index contributed by atoms with van der Waals surface area (Å²) in [5, 5.41) is 9.79. The van der Waals surface area contributed by atoms with Gasteiger partial charge in [-0.05, 0) is 25.1 Å². The van der Waals surface area contributed by atoms with Gasteiger partial charge in [0.1, 0.15) is 5.52 Å². The van der Waals surface area contributed by atoms with Gasteiger partial charge >= 0.3 is 0 Å². The highest BCUT2D eigenvalue weighted by atomic mass is 15.3. The molecule has 0 fully saturated rings. The Kier molecular flexibility index (Phi) is 2.11. The summed E-state index contributed by atoms with van der Waals surface area (Å²) < 4.78 is 3.68. The monoisotopic (exact) mass is 227 g/mol. The minimum atomic E-state index is 0.721. The van der Waals surface area contributed by atoms with Crippen LogP contribution in [0.15, 0.2) is 36.8 Å². The first kappa shape index (κ1) is 9.89. The molecular formula is C12H13N5. The minimum Gasteiger partial charge on any atom is -0.399 e. The third-order valence-electron chi connectivity index (χ3n) is 2.73. The molecule has 0 atom stereocenters. The van der Waals surface area contributed by atoms with Gasteiger partial charge in [0.15, 0.2) is 0 Å². The molecule has 5 nitrogen and oxygen atoms in total. The van der Waals surface area contributed by atoms with Crippen LogP contribution in [0.5, 0.6) is 0 Å². The van der Waals surface area contributed by atoms with Crippen molar-refractivity contribution in [2.45, 2.75) is 13.5 Å². The fraction of sp³-hybridized carbons (Fsp3) is 0.167. The number of hydrogen-bond donors (Lipinski definition) is 1. The first-order valence-electron chi connectivity index (χ1n) is 5.54. The molecule has 3 aromatic rings. The number of aryl methyl sites for hydroxylation is 1. The van der Waals surface area contributed by atoms with Crippen molar-refractivity contribution in [1.82, 2.24) is 19.6 Å². The van der Waals surface area contributed by atoms with Crippen LogP contribution in [-0.4, -0.2) is 19.6 Å². The molecule has 3 rings (SSSR count). The lowest BCUT2D eigenvalue weighted by atomic mass is 10.2. The van der Waals surface area contributed by atoms with Crippen molar-refractivity contribution in [2.75, 3.05) is 5.73 Å². The van der Waals surface area contributed by atoms with Crippen LogP contribution in [0, 0.1) is 0 Å². The molecule has 0 radical (unpaired) electrons. The van der Waals surface area contributed by atoms with Crippen LogP contribution < -0.4 is 5.73 Å². The van der Waals surface area contributed by atoms with Gasteiger partial charge < -0.3 is 5.73 Å². The second-order valence-corrected chi connectivity index (χ2v) is 3.91. The van der Waals surface area contributed by atoms with Gasteiger partial charge in [0.2, 0.25) is 0 Å². The number of benzene rings is 1. The van der Waals surface area contributed by atoms with Crippen LogP contribution in [0.3, 0.4) is 0 Å². The van der Waals surface area contributed by atoms with Crippen molar-refractivity contribution < 1.29 is 0 Å². The Hall–Kier alpha value is -2.30. The van der Waals surface area contributed by atoms with Crippen molar-refractivity contribution in [1.29, 1.82) is 0 Å². The molecule has 2 heterocycles. The summed E-state index contributed by atoms with van der Waals surface area (Å²) in [6.45, 7) is 2.90. The summed E-state index contributed by atoms with van der Waals surface area (Å²) >= 11 is 0. The molecule has 0 unspecified atom stereocenters. The maximum absolute atomic E-state index is 5.90. The molecule has 0 spiro atoms. The SMILES string of the molecule is CCn1cc2cc(N)cc(-n3cccn3)c2n1. The standard InChI is InChI=1S/C12H13N5/c1-2-16-8-9-6-10(13)7-11(12(9)15-16)17-5-3-4-14-17/h3-8H,2,13H2,1H3. The number of nitrogen functional groups attached to an aromatic ring is 1. The highest BCUT2D eigenvalue weighted by molar-refractivity contribution is 5.89. The lowest BCUT2D eigenvalue weighted by molar-refractivity contribution is 0.667. The first-order valence-corrected chi connectivity index (χ1v) is 5.54. The Morgan fingerprint density at radius 3 is 2.94 bits per heavy atom. The first-order chi connectivity index (χ1) is 8.28. The van der Waals surface area contributed by atoms with Crippen molar-refractivity contribution in [2.24, 2.45) is 0 Å². The van der Waals surface area contributed by atoms with Gasteiger partial charge in [-0.25, -0.2) is 4.68 Å². The third-order valence-corrected chi connectivity index (χ3v) is 2.73. The van der Waals surface area contributed by atoms with E-state index in [1.807, 2.05) is 35.3 Å². The molecular weight excluding hydrogens is 214 g/mol. The minimum absolute atomic E-state index is 0.721. The number of nitrogens with two attached hydrogens (primary N) is 1. The summed E-state index contributed by atoms with van der Waals surface area (Å²) in [5.41, 5.74) is 8.46. The van der Waals surface area contributed by atoms with Crippen LogP contribution >= 0.6 is 0 Å². The predicted molar refractivity (Wildman–Crippen MR) is 66.9 cm³/mol. The number of aromatic nitrogens is 4. The van der Waals surface area contributed by atoms with Crippen LogP contribution in [0.1, 0.15) is 6.92 Å². The third kappa shape index (κ3) is 1.56. The average Bonchev–Trinajstić information content (AvgIpc) is 2.96. The van der Waals surface area contributed by atoms with Gasteiger partial charge in [-0.15, -0.1) is 0 Å². The summed E-state index contributed by atoms with van der Waals surface area (Å²) in [4.78, 5) is 0. The van der Waals surface area contributed by atoms with E-state index >= 15 is 0 Å². The van der Waals surface area contributed by atoms with Gasteiger partial charge in [0, 0.05) is 36.2 Å². The molecule has 0 aliphatic heterocycles. The molecule has 86 valence electrons. The molecule has 0 amide bonds. The van der Waals surface area contributed by atoms with E-state index in [0.29, 0.717) is 0 Å². The molecule has 17 heavy (non-hydrogen) atoms. The highest BCUT2D eigenvalue weighted by Crippen LogP contribution is 2.23. The number of fused-ring (bicyclic) bond motifs is 1. The van der Waals surface area contributed by atoms with E-state index in [1.54, 1.807) is 10.9 Å². The van der Waals surface area contributed by atoms with Crippen molar-refractivity contribution in [3.05, 3.63) is 36.8 Å². The Morgan fingerprint density at radius 1 is 1.35 bits per heavy atom. The van der Waals surface area contributed by atoms with Gasteiger partial charge in [-0.1, -0.05) is 0 Å². The van der Waals surface area contributed by atoms with E-state index in [-0.39, 0.29) is 0 Å². The lowest BCUT2D eigenvalue weighted by Crippen LogP contribution is -1.98. The Balaban J connectivity index is 2.32. The van der Waals surface area contributed by atoms with Crippen LogP contribution in [0.25, 0.3) is 16.6 Å². The van der Waals surface area contributed by atoms with Gasteiger partial charge in [-0.2, -0.15) is 10.2 Å². The summed E-state index contributed by atoms with van der Waals surface area (Å²) in [5.74, 6) is 0. The molecule has 2 aromatic heterocycles. The zero-order chi connectivity index (χ0) is 11.8. The van der Waals surface area contributed by atoms with Crippen LogP contribution in [0.4, 0.5) is 5.69 Å². The fourth-order valence-corrected chi connectivity index (χ4v) is 1.94. The van der Waals surface area contributed by atoms with E-state index in [0.717, 1.165) is 28.8 Å². The number of hydrogen-bond acceptors (Lipinski definition) is 3. The Labute approximate surface area is 98.5 Å². The number of anilines is 1. The molecule has 0 bridgehead atoms. The smallest absolute Gasteiger partial charge is 0.118 e. The van der Waals surface area contributed by atoms with Crippen molar-refractivity contribution in [3.8, 4) is 5.69 Å². The van der Waals surface area contributed by atoms with Crippen molar-refractivity contribution >= 4 is 16.6 Å². The molecule has 5 heteroatoms. The van der Waals surface area contributed by atoms with Crippen molar-refractivity contribution in [3.63, 3.8) is 0 Å². The molecule has 0 saturated carbocycles. The van der Waals surface area contributed by atoms with E-state index in [4.69, 9.17) is 5.73 Å². The number of rotatable bonds is 2. The maximum atomic E-state index is 5.90. The van der Waals surface area contributed by atoms with Crippen LogP contribution in [0.2, 0.25) is 0 Å². The van der Waals surface area contributed by atoms with Gasteiger partial charge in [-0.3, -0.25) is 4.68 Å². The normalized spacial score (nSPS) is 11.1. The topological polar surface area (TPSA) is 61.7 Å². The zero-order valence-corrected chi connectivity index (χ0v) is 9.54. The largest absolute Gasteiger partial charge is 0.399 e. The summed E-state index contributed by atoms with van der Waals surface area (Å²) in [6, 6.07) is 5.70. The molecule has 2 N–H and O–H groups in total. The fourth-order valence-electron chi connectivity index (χ4n) is 1.94. The maximum Gasteiger partial charge on any atom is 0.118 e. The molecule has 1 aromatic carbocycles. The van der Waals surface area contributed by atoms with Gasteiger partial charge in [0.25, 0.3) is 0 Å². The van der Waals surface area contributed by atoms with E-state index in [1.165, 1.54) is 0 Å². The number of nitrogens with zero attached hydrogens (tertiary/aromatic N) is 4. The average molecular weight is 227 g/mol. The lowest BCUT2D eigenvalue weighted by Gasteiger charge is -2.03. The molecule has 0 saturated heterocycles. The Bertz CT molecular complexity index is 651. The summed E-state index contributed by atoms with van der Waals surface area (Å²) in [6.07, 6.45) is 5.63. The molecule has 0 aliphatic carbocycles. The second kappa shape index (κ2) is 3.62. The van der Waals surface area contributed by atoms with Gasteiger partial charge in [0.05, 0.1) is 5.69 Å². The predicted octanol–water partition coefficient (Wildman–Crippen LogP) is 1.82. The second-order valence-electron chi connectivity index (χ2n) is 3.91. The van der Waals surface area contributed by atoms with E-state index < -0.39 is 0 Å². The quantitative estimate of drug-likeness (QED) is 0.679. The van der Waals surface area contributed by atoms with E-state index in [9.17, 15) is 0 Å². The van der Waals surface area contributed by atoms with Crippen LogP contribution in [-0.2, 0) is 6.54 Å². The Morgan fingerprint density at radius 2 is 2.24 bits per heavy atom.